The number of aromatic nitrogens is 1. The number of rotatable bonds is 3. The highest BCUT2D eigenvalue weighted by molar-refractivity contribution is 9.11. The highest BCUT2D eigenvalue weighted by atomic mass is 79.9. The van der Waals surface area contributed by atoms with Crippen LogP contribution in [0.3, 0.4) is 0 Å². The molecular formula is C19H19BrN2O2S2. The van der Waals surface area contributed by atoms with Crippen LogP contribution >= 0.6 is 38.6 Å². The van der Waals surface area contributed by atoms with E-state index in [1.807, 2.05) is 17.0 Å². The van der Waals surface area contributed by atoms with Gasteiger partial charge in [-0.05, 0) is 53.0 Å². The van der Waals surface area contributed by atoms with Gasteiger partial charge in [0.1, 0.15) is 6.10 Å². The number of likely N-dealkylation sites (tertiary alicyclic amines) is 1. The number of ether oxygens (including phenoxy) is 1. The smallest absolute Gasteiger partial charge is 0.274 e. The number of nitrogens with zero attached hydrogens (tertiary/aromatic N) is 2. The second kappa shape index (κ2) is 7.29. The minimum atomic E-state index is 0.116. The van der Waals surface area contributed by atoms with Crippen LogP contribution in [0.5, 0.6) is 5.19 Å². The number of piperidine rings is 1. The Morgan fingerprint density at radius 3 is 2.54 bits per heavy atom. The minimum absolute atomic E-state index is 0.116. The summed E-state index contributed by atoms with van der Waals surface area (Å²) >= 11 is 6.52. The van der Waals surface area contributed by atoms with Crippen molar-refractivity contribution in [2.45, 2.75) is 32.8 Å². The molecule has 0 atom stereocenters. The quantitative estimate of drug-likeness (QED) is 0.534. The Bertz CT molecular complexity index is 919. The fourth-order valence-electron chi connectivity index (χ4n) is 3.19. The average Bonchev–Trinajstić information content (AvgIpc) is 3.25. The van der Waals surface area contributed by atoms with Gasteiger partial charge in [0.25, 0.3) is 11.1 Å². The molecule has 0 N–H and O–H groups in total. The molecule has 4 rings (SSSR count). The lowest BCUT2D eigenvalue weighted by atomic mass is 10.1. The maximum atomic E-state index is 12.5. The third-order valence-corrected chi connectivity index (χ3v) is 7.40. The fourth-order valence-corrected chi connectivity index (χ4v) is 5.58. The first kappa shape index (κ1) is 17.9. The number of thiazole rings is 1. The van der Waals surface area contributed by atoms with Crippen molar-refractivity contribution >= 4 is 54.7 Å². The van der Waals surface area contributed by atoms with Gasteiger partial charge in [0.15, 0.2) is 0 Å². The molecule has 136 valence electrons. The van der Waals surface area contributed by atoms with Crippen molar-refractivity contribution in [1.29, 1.82) is 0 Å². The molecule has 0 aliphatic carbocycles. The summed E-state index contributed by atoms with van der Waals surface area (Å²) < 4.78 is 8.34. The van der Waals surface area contributed by atoms with Crippen LogP contribution in [0.1, 0.15) is 33.6 Å². The zero-order valence-corrected chi connectivity index (χ0v) is 17.8. The van der Waals surface area contributed by atoms with Gasteiger partial charge in [-0.2, -0.15) is 0 Å². The van der Waals surface area contributed by atoms with E-state index >= 15 is 0 Å². The van der Waals surface area contributed by atoms with Crippen LogP contribution in [0.15, 0.2) is 28.1 Å². The zero-order valence-electron chi connectivity index (χ0n) is 14.6. The topological polar surface area (TPSA) is 42.4 Å². The Balaban J connectivity index is 1.40. The standard InChI is InChI=1S/C19H19BrN2O2S2/c1-11-3-4-12(2)17-16(11)21-19(26-17)24-13-7-9-22(10-8-13)18(23)14-5-6-15(20)25-14/h3-6,13H,7-10H2,1-2H3. The molecule has 1 saturated heterocycles. The van der Waals surface area contributed by atoms with Crippen LogP contribution in [0.25, 0.3) is 10.2 Å². The van der Waals surface area contributed by atoms with Crippen molar-refractivity contribution in [3.05, 3.63) is 44.1 Å². The van der Waals surface area contributed by atoms with Crippen molar-refractivity contribution < 1.29 is 9.53 Å². The van der Waals surface area contributed by atoms with E-state index in [2.05, 4.69) is 46.9 Å². The summed E-state index contributed by atoms with van der Waals surface area (Å²) in [6.45, 7) is 5.64. The summed E-state index contributed by atoms with van der Waals surface area (Å²) in [5.41, 5.74) is 3.46. The molecule has 0 spiro atoms. The Morgan fingerprint density at radius 1 is 1.15 bits per heavy atom. The van der Waals surface area contributed by atoms with E-state index in [0.717, 1.165) is 45.3 Å². The lowest BCUT2D eigenvalue weighted by Crippen LogP contribution is -2.41. The molecule has 0 unspecified atom stereocenters. The van der Waals surface area contributed by atoms with Gasteiger partial charge < -0.3 is 9.64 Å². The third-order valence-electron chi connectivity index (χ3n) is 4.70. The number of benzene rings is 1. The van der Waals surface area contributed by atoms with Gasteiger partial charge in [0.2, 0.25) is 0 Å². The lowest BCUT2D eigenvalue weighted by molar-refractivity contribution is 0.0600. The van der Waals surface area contributed by atoms with Gasteiger partial charge in [0, 0.05) is 25.9 Å². The number of carbonyl (C=O) groups is 1. The second-order valence-corrected chi connectivity index (χ2v) is 9.99. The zero-order chi connectivity index (χ0) is 18.3. The molecule has 0 radical (unpaired) electrons. The summed E-state index contributed by atoms with van der Waals surface area (Å²) in [6, 6.07) is 8.04. The fraction of sp³-hybridized carbons (Fsp3) is 0.368. The molecule has 2 aromatic heterocycles. The summed E-state index contributed by atoms with van der Waals surface area (Å²) in [7, 11) is 0. The predicted molar refractivity (Wildman–Crippen MR) is 111 cm³/mol. The van der Waals surface area contributed by atoms with Crippen molar-refractivity contribution in [1.82, 2.24) is 9.88 Å². The number of amides is 1. The van der Waals surface area contributed by atoms with Crippen molar-refractivity contribution in [3.63, 3.8) is 0 Å². The van der Waals surface area contributed by atoms with Gasteiger partial charge >= 0.3 is 0 Å². The highest BCUT2D eigenvalue weighted by Gasteiger charge is 2.26. The van der Waals surface area contributed by atoms with Crippen LogP contribution in [-0.2, 0) is 0 Å². The molecule has 26 heavy (non-hydrogen) atoms. The Hall–Kier alpha value is -1.44. The molecule has 1 aromatic carbocycles. The first-order chi connectivity index (χ1) is 12.5. The lowest BCUT2D eigenvalue weighted by Gasteiger charge is -2.31. The first-order valence-corrected chi connectivity index (χ1v) is 11.0. The average molecular weight is 451 g/mol. The second-order valence-electron chi connectivity index (χ2n) is 6.57. The number of thiophene rings is 1. The number of hydrogen-bond acceptors (Lipinski definition) is 5. The molecule has 1 amide bonds. The number of hydrogen-bond donors (Lipinski definition) is 0. The summed E-state index contributed by atoms with van der Waals surface area (Å²) in [5, 5.41) is 0.740. The number of carbonyl (C=O) groups excluding carboxylic acids is 1. The number of fused-ring (bicyclic) bond motifs is 1. The van der Waals surface area contributed by atoms with E-state index in [-0.39, 0.29) is 12.0 Å². The van der Waals surface area contributed by atoms with Crippen molar-refractivity contribution in [3.8, 4) is 5.19 Å². The van der Waals surface area contributed by atoms with E-state index < -0.39 is 0 Å². The van der Waals surface area contributed by atoms with Crippen LogP contribution in [-0.4, -0.2) is 35.0 Å². The number of aryl methyl sites for hydroxylation is 2. The molecule has 3 heterocycles. The van der Waals surface area contributed by atoms with Crippen molar-refractivity contribution in [2.24, 2.45) is 0 Å². The van der Waals surface area contributed by atoms with Gasteiger partial charge in [-0.1, -0.05) is 23.5 Å². The third kappa shape index (κ3) is 3.52. The maximum Gasteiger partial charge on any atom is 0.274 e. The molecule has 0 saturated carbocycles. The van der Waals surface area contributed by atoms with Crippen LogP contribution in [0.4, 0.5) is 0 Å². The molecule has 1 fully saturated rings. The van der Waals surface area contributed by atoms with E-state index in [1.54, 1.807) is 11.3 Å². The van der Waals surface area contributed by atoms with Gasteiger partial charge in [-0.3, -0.25) is 4.79 Å². The predicted octanol–water partition coefficient (Wildman–Crippen LogP) is 5.42. The van der Waals surface area contributed by atoms with E-state index in [9.17, 15) is 4.79 Å². The largest absolute Gasteiger partial charge is 0.467 e. The first-order valence-electron chi connectivity index (χ1n) is 8.59. The molecule has 7 heteroatoms. The normalized spacial score (nSPS) is 15.6. The van der Waals surface area contributed by atoms with Crippen LogP contribution < -0.4 is 4.74 Å². The molecule has 0 bridgehead atoms. The van der Waals surface area contributed by atoms with Gasteiger partial charge in [0.05, 0.1) is 18.9 Å². The van der Waals surface area contributed by atoms with Gasteiger partial charge in [-0.15, -0.1) is 11.3 Å². The van der Waals surface area contributed by atoms with Gasteiger partial charge in [-0.25, -0.2) is 4.98 Å². The maximum absolute atomic E-state index is 12.5. The Morgan fingerprint density at radius 2 is 1.88 bits per heavy atom. The van der Waals surface area contributed by atoms with Crippen molar-refractivity contribution in [2.75, 3.05) is 13.1 Å². The molecule has 3 aromatic rings. The summed E-state index contributed by atoms with van der Waals surface area (Å²) in [4.78, 5) is 19.9. The number of halogens is 1. The van der Waals surface area contributed by atoms with Crippen LogP contribution in [0.2, 0.25) is 0 Å². The van der Waals surface area contributed by atoms with E-state index in [1.165, 1.54) is 27.2 Å². The summed E-state index contributed by atoms with van der Waals surface area (Å²) in [5.74, 6) is 0.116. The minimum Gasteiger partial charge on any atom is -0.467 e. The molecular weight excluding hydrogens is 432 g/mol. The molecule has 1 aliphatic rings. The SMILES string of the molecule is Cc1ccc(C)c2sc(OC3CCN(C(=O)c4ccc(Br)s4)CC3)nc12. The monoisotopic (exact) mass is 450 g/mol. The highest BCUT2D eigenvalue weighted by Crippen LogP contribution is 2.34. The Labute approximate surface area is 168 Å². The Kier molecular flexibility index (Phi) is 5.03. The van der Waals surface area contributed by atoms with E-state index in [4.69, 9.17) is 4.74 Å². The summed E-state index contributed by atoms with van der Waals surface area (Å²) in [6.07, 6.45) is 1.80. The van der Waals surface area contributed by atoms with Crippen LogP contribution in [0, 0.1) is 13.8 Å². The molecule has 4 nitrogen and oxygen atoms in total. The van der Waals surface area contributed by atoms with E-state index in [0.29, 0.717) is 0 Å². The molecule has 1 aliphatic heterocycles.